The molecule has 0 aromatic heterocycles. The lowest BCUT2D eigenvalue weighted by Crippen LogP contribution is -2.22. The molecule has 1 aliphatic rings. The summed E-state index contributed by atoms with van der Waals surface area (Å²) >= 11 is 0. The van der Waals surface area contributed by atoms with Gasteiger partial charge in [-0.1, -0.05) is 30.3 Å². The summed E-state index contributed by atoms with van der Waals surface area (Å²) in [7, 11) is 1.69. The van der Waals surface area contributed by atoms with E-state index in [1.807, 2.05) is 12.1 Å². The van der Waals surface area contributed by atoms with Crippen molar-refractivity contribution in [2.75, 3.05) is 19.0 Å². The van der Waals surface area contributed by atoms with Gasteiger partial charge in [0.25, 0.3) is 0 Å². The Kier molecular flexibility index (Phi) is 4.11. The van der Waals surface area contributed by atoms with Crippen molar-refractivity contribution in [1.29, 1.82) is 0 Å². The molecule has 3 rings (SSSR count). The van der Waals surface area contributed by atoms with Gasteiger partial charge in [0.15, 0.2) is 0 Å². The predicted octanol–water partition coefficient (Wildman–Crippen LogP) is 3.72. The van der Waals surface area contributed by atoms with E-state index in [2.05, 4.69) is 41.7 Å². The SMILES string of the molecule is COc1ccc2c(c1)[C@@H](CCO)C[C@@H](c1ccccc1)N2. The minimum absolute atomic E-state index is 0.211. The molecule has 110 valence electrons. The second-order valence-corrected chi connectivity index (χ2v) is 5.51. The van der Waals surface area contributed by atoms with Crippen LogP contribution >= 0.6 is 0 Å². The first-order valence-electron chi connectivity index (χ1n) is 7.42. The van der Waals surface area contributed by atoms with Crippen LogP contribution in [0.3, 0.4) is 0 Å². The molecular weight excluding hydrogens is 262 g/mol. The molecule has 0 aliphatic carbocycles. The van der Waals surface area contributed by atoms with Crippen LogP contribution in [-0.4, -0.2) is 18.8 Å². The average molecular weight is 283 g/mol. The van der Waals surface area contributed by atoms with Crippen molar-refractivity contribution in [3.63, 3.8) is 0 Å². The number of methoxy groups -OCH3 is 1. The van der Waals surface area contributed by atoms with Gasteiger partial charge in [0.1, 0.15) is 5.75 Å². The Morgan fingerprint density at radius 3 is 2.71 bits per heavy atom. The van der Waals surface area contributed by atoms with Crippen LogP contribution in [0.25, 0.3) is 0 Å². The molecule has 0 fully saturated rings. The number of anilines is 1. The molecule has 1 aliphatic heterocycles. The van der Waals surface area contributed by atoms with Crippen molar-refractivity contribution in [2.24, 2.45) is 0 Å². The van der Waals surface area contributed by atoms with Gasteiger partial charge < -0.3 is 15.2 Å². The molecule has 0 unspecified atom stereocenters. The van der Waals surface area contributed by atoms with Gasteiger partial charge in [0.2, 0.25) is 0 Å². The quantitative estimate of drug-likeness (QED) is 0.898. The molecule has 0 bridgehead atoms. The highest BCUT2D eigenvalue weighted by Crippen LogP contribution is 2.42. The van der Waals surface area contributed by atoms with E-state index >= 15 is 0 Å². The largest absolute Gasteiger partial charge is 0.497 e. The maximum absolute atomic E-state index is 9.38. The predicted molar refractivity (Wildman–Crippen MR) is 84.9 cm³/mol. The van der Waals surface area contributed by atoms with E-state index in [0.29, 0.717) is 12.0 Å². The average Bonchev–Trinajstić information content (AvgIpc) is 2.55. The smallest absolute Gasteiger partial charge is 0.119 e. The van der Waals surface area contributed by atoms with Crippen LogP contribution in [0.1, 0.15) is 35.9 Å². The van der Waals surface area contributed by atoms with Crippen molar-refractivity contribution in [2.45, 2.75) is 24.8 Å². The molecule has 0 spiro atoms. The van der Waals surface area contributed by atoms with E-state index in [-0.39, 0.29) is 6.61 Å². The number of aliphatic hydroxyl groups is 1. The Labute approximate surface area is 125 Å². The minimum Gasteiger partial charge on any atom is -0.497 e. The molecule has 0 radical (unpaired) electrons. The van der Waals surface area contributed by atoms with Crippen molar-refractivity contribution in [3.8, 4) is 5.75 Å². The van der Waals surface area contributed by atoms with Gasteiger partial charge in [-0.05, 0) is 48.1 Å². The van der Waals surface area contributed by atoms with Gasteiger partial charge in [-0.3, -0.25) is 0 Å². The van der Waals surface area contributed by atoms with Crippen molar-refractivity contribution in [1.82, 2.24) is 0 Å². The summed E-state index contributed by atoms with van der Waals surface area (Å²) < 4.78 is 5.33. The Hall–Kier alpha value is -2.00. The highest BCUT2D eigenvalue weighted by atomic mass is 16.5. The van der Waals surface area contributed by atoms with Crippen LogP contribution in [0.5, 0.6) is 5.75 Å². The molecule has 2 N–H and O–H groups in total. The van der Waals surface area contributed by atoms with E-state index in [0.717, 1.165) is 24.3 Å². The van der Waals surface area contributed by atoms with Crippen LogP contribution in [-0.2, 0) is 0 Å². The van der Waals surface area contributed by atoms with Crippen molar-refractivity contribution < 1.29 is 9.84 Å². The second-order valence-electron chi connectivity index (χ2n) is 5.51. The van der Waals surface area contributed by atoms with E-state index in [1.165, 1.54) is 11.1 Å². The summed E-state index contributed by atoms with van der Waals surface area (Å²) in [6.07, 6.45) is 1.77. The molecule has 2 aromatic rings. The van der Waals surface area contributed by atoms with Gasteiger partial charge in [-0.15, -0.1) is 0 Å². The Bertz CT molecular complexity index is 597. The third-order valence-corrected chi connectivity index (χ3v) is 4.23. The summed E-state index contributed by atoms with van der Waals surface area (Å²) in [6.45, 7) is 0.211. The first-order valence-corrected chi connectivity index (χ1v) is 7.42. The fourth-order valence-corrected chi connectivity index (χ4v) is 3.13. The van der Waals surface area contributed by atoms with Gasteiger partial charge in [0, 0.05) is 12.3 Å². The van der Waals surface area contributed by atoms with Crippen LogP contribution in [0, 0.1) is 0 Å². The van der Waals surface area contributed by atoms with Gasteiger partial charge in [0.05, 0.1) is 13.2 Å². The number of benzene rings is 2. The summed E-state index contributed by atoms with van der Waals surface area (Å²) in [6, 6.07) is 16.9. The molecule has 3 nitrogen and oxygen atoms in total. The zero-order valence-corrected chi connectivity index (χ0v) is 12.3. The van der Waals surface area contributed by atoms with Crippen LogP contribution in [0.15, 0.2) is 48.5 Å². The summed E-state index contributed by atoms with van der Waals surface area (Å²) in [5, 5.41) is 13.0. The van der Waals surface area contributed by atoms with E-state index in [9.17, 15) is 5.11 Å². The summed E-state index contributed by atoms with van der Waals surface area (Å²) in [5.74, 6) is 1.23. The van der Waals surface area contributed by atoms with E-state index in [1.54, 1.807) is 7.11 Å². The highest BCUT2D eigenvalue weighted by Gasteiger charge is 2.27. The summed E-state index contributed by atoms with van der Waals surface area (Å²) in [5.41, 5.74) is 3.69. The standard InChI is InChI=1S/C18H21NO2/c1-21-15-7-8-17-16(12-15)14(9-10-20)11-18(19-17)13-5-3-2-4-6-13/h2-8,12,14,18-20H,9-11H2,1H3/t14-,18-/m0/s1. The van der Waals surface area contributed by atoms with E-state index in [4.69, 9.17) is 4.74 Å². The van der Waals surface area contributed by atoms with Crippen LogP contribution in [0.4, 0.5) is 5.69 Å². The second kappa shape index (κ2) is 6.19. The third-order valence-electron chi connectivity index (χ3n) is 4.23. The van der Waals surface area contributed by atoms with Crippen molar-refractivity contribution in [3.05, 3.63) is 59.7 Å². The number of aliphatic hydroxyl groups excluding tert-OH is 1. The number of hydrogen-bond acceptors (Lipinski definition) is 3. The molecular formula is C18H21NO2. The molecule has 0 saturated heterocycles. The fraction of sp³-hybridized carbons (Fsp3) is 0.333. The maximum Gasteiger partial charge on any atom is 0.119 e. The fourth-order valence-electron chi connectivity index (χ4n) is 3.13. The van der Waals surface area contributed by atoms with Gasteiger partial charge >= 0.3 is 0 Å². The third kappa shape index (κ3) is 2.88. The number of ether oxygens (including phenoxy) is 1. The van der Waals surface area contributed by atoms with Crippen LogP contribution in [0.2, 0.25) is 0 Å². The number of rotatable bonds is 4. The lowest BCUT2D eigenvalue weighted by Gasteiger charge is -2.33. The van der Waals surface area contributed by atoms with Gasteiger partial charge in [-0.25, -0.2) is 0 Å². The topological polar surface area (TPSA) is 41.5 Å². The normalized spacial score (nSPS) is 20.5. The first kappa shape index (κ1) is 14.0. The first-order chi connectivity index (χ1) is 10.3. The lowest BCUT2D eigenvalue weighted by atomic mass is 9.82. The lowest BCUT2D eigenvalue weighted by molar-refractivity contribution is 0.269. The minimum atomic E-state index is 0.211. The number of nitrogens with one attached hydrogen (secondary N) is 1. The molecule has 3 heteroatoms. The number of hydrogen-bond donors (Lipinski definition) is 2. The monoisotopic (exact) mass is 283 g/mol. The summed E-state index contributed by atoms with van der Waals surface area (Å²) in [4.78, 5) is 0. The Morgan fingerprint density at radius 1 is 1.19 bits per heavy atom. The molecule has 0 saturated carbocycles. The van der Waals surface area contributed by atoms with Gasteiger partial charge in [-0.2, -0.15) is 0 Å². The molecule has 21 heavy (non-hydrogen) atoms. The van der Waals surface area contributed by atoms with Crippen LogP contribution < -0.4 is 10.1 Å². The maximum atomic E-state index is 9.38. The molecule has 1 heterocycles. The zero-order chi connectivity index (χ0) is 14.7. The highest BCUT2D eigenvalue weighted by molar-refractivity contribution is 5.59. The molecule has 0 amide bonds. The van der Waals surface area contributed by atoms with E-state index < -0.39 is 0 Å². The Morgan fingerprint density at radius 2 is 2.00 bits per heavy atom. The molecule has 2 aromatic carbocycles. The molecule has 2 atom stereocenters. The zero-order valence-electron chi connectivity index (χ0n) is 12.3. The Balaban J connectivity index is 1.94. The number of fused-ring (bicyclic) bond motifs is 1. The van der Waals surface area contributed by atoms with Crippen molar-refractivity contribution >= 4 is 5.69 Å².